The van der Waals surface area contributed by atoms with Gasteiger partial charge in [0.1, 0.15) is 0 Å². The second-order valence-electron chi connectivity index (χ2n) is 3.90. The summed E-state index contributed by atoms with van der Waals surface area (Å²) in [6.45, 7) is 6.24. The molecule has 0 amide bonds. The first-order valence-electron chi connectivity index (χ1n) is 5.17. The van der Waals surface area contributed by atoms with E-state index >= 15 is 0 Å². The van der Waals surface area contributed by atoms with E-state index in [1.807, 2.05) is 18.2 Å². The Morgan fingerprint density at radius 2 is 2.00 bits per heavy atom. The van der Waals surface area contributed by atoms with Crippen LogP contribution in [0, 0.1) is 0 Å². The minimum Gasteiger partial charge on any atom is -0.371 e. The van der Waals surface area contributed by atoms with E-state index in [0.29, 0.717) is 6.10 Å². The van der Waals surface area contributed by atoms with Crippen LogP contribution < -0.4 is 0 Å². The van der Waals surface area contributed by atoms with E-state index < -0.39 is 0 Å². The number of benzene rings is 1. The zero-order chi connectivity index (χ0) is 9.97. The van der Waals surface area contributed by atoms with Gasteiger partial charge >= 0.3 is 0 Å². The van der Waals surface area contributed by atoms with Gasteiger partial charge in [0.25, 0.3) is 0 Å². The summed E-state index contributed by atoms with van der Waals surface area (Å²) in [6.07, 6.45) is 2.87. The molecule has 0 unspecified atom stereocenters. The van der Waals surface area contributed by atoms with Crippen molar-refractivity contribution < 1.29 is 4.74 Å². The molecule has 0 aliphatic carbocycles. The fourth-order valence-electron chi connectivity index (χ4n) is 1.90. The Labute approximate surface area is 85.4 Å². The largest absolute Gasteiger partial charge is 0.371 e. The second-order valence-corrected chi connectivity index (χ2v) is 3.90. The number of hydrogen-bond acceptors (Lipinski definition) is 1. The van der Waals surface area contributed by atoms with Crippen LogP contribution in [0.15, 0.2) is 36.9 Å². The van der Waals surface area contributed by atoms with Gasteiger partial charge in [0, 0.05) is 0 Å². The Kier molecular flexibility index (Phi) is 2.69. The fourth-order valence-corrected chi connectivity index (χ4v) is 1.90. The van der Waals surface area contributed by atoms with Gasteiger partial charge < -0.3 is 4.74 Å². The average molecular weight is 188 g/mol. The third kappa shape index (κ3) is 1.88. The zero-order valence-corrected chi connectivity index (χ0v) is 8.57. The van der Waals surface area contributed by atoms with E-state index in [0.717, 1.165) is 18.4 Å². The van der Waals surface area contributed by atoms with Gasteiger partial charge in [-0.1, -0.05) is 36.9 Å². The molecule has 1 heterocycles. The lowest BCUT2D eigenvalue weighted by atomic mass is 10.0. The molecule has 0 bridgehead atoms. The average Bonchev–Trinajstić information content (AvgIpc) is 2.65. The van der Waals surface area contributed by atoms with E-state index in [-0.39, 0.29) is 6.10 Å². The van der Waals surface area contributed by atoms with Gasteiger partial charge in [-0.25, -0.2) is 0 Å². The van der Waals surface area contributed by atoms with Gasteiger partial charge in [0.05, 0.1) is 12.2 Å². The third-order valence-electron chi connectivity index (χ3n) is 2.77. The Bertz CT molecular complexity index is 315. The van der Waals surface area contributed by atoms with Gasteiger partial charge in [0.15, 0.2) is 0 Å². The molecule has 1 heteroatoms. The van der Waals surface area contributed by atoms with Crippen LogP contribution in [0.2, 0.25) is 0 Å². The molecule has 2 rings (SSSR count). The maximum Gasteiger partial charge on any atom is 0.0829 e. The molecule has 0 radical (unpaired) electrons. The van der Waals surface area contributed by atoms with Crippen molar-refractivity contribution in [1.29, 1.82) is 0 Å². The molecule has 1 aromatic rings. The molecule has 1 aliphatic rings. The van der Waals surface area contributed by atoms with Crippen LogP contribution in [0.5, 0.6) is 0 Å². The van der Waals surface area contributed by atoms with E-state index in [1.54, 1.807) is 0 Å². The van der Waals surface area contributed by atoms with Gasteiger partial charge in [-0.3, -0.25) is 0 Å². The number of hydrogen-bond donors (Lipinski definition) is 0. The van der Waals surface area contributed by atoms with Crippen molar-refractivity contribution in [3.05, 3.63) is 42.5 Å². The number of rotatable bonds is 2. The predicted octanol–water partition coefficient (Wildman–Crippen LogP) is 3.27. The molecular weight excluding hydrogens is 172 g/mol. The minimum absolute atomic E-state index is 0.229. The van der Waals surface area contributed by atoms with E-state index in [4.69, 9.17) is 4.74 Å². The second kappa shape index (κ2) is 3.97. The highest BCUT2D eigenvalue weighted by Crippen LogP contribution is 2.29. The Morgan fingerprint density at radius 1 is 1.29 bits per heavy atom. The summed E-state index contributed by atoms with van der Waals surface area (Å²) >= 11 is 0. The van der Waals surface area contributed by atoms with Crippen LogP contribution in [0.3, 0.4) is 0 Å². The molecule has 0 spiro atoms. The fraction of sp³-hybridized carbons (Fsp3) is 0.385. The lowest BCUT2D eigenvalue weighted by Gasteiger charge is -2.14. The Morgan fingerprint density at radius 3 is 2.57 bits per heavy atom. The zero-order valence-electron chi connectivity index (χ0n) is 8.57. The molecule has 1 saturated heterocycles. The molecular formula is C13H16O. The third-order valence-corrected chi connectivity index (χ3v) is 2.77. The van der Waals surface area contributed by atoms with Crippen LogP contribution in [0.1, 0.15) is 25.3 Å². The molecule has 14 heavy (non-hydrogen) atoms. The van der Waals surface area contributed by atoms with Crippen LogP contribution >= 0.6 is 0 Å². The molecule has 1 fully saturated rings. The van der Waals surface area contributed by atoms with Gasteiger partial charge in [0.2, 0.25) is 0 Å². The minimum atomic E-state index is 0.229. The predicted molar refractivity (Wildman–Crippen MR) is 59.0 cm³/mol. The maximum absolute atomic E-state index is 5.78. The summed E-state index contributed by atoms with van der Waals surface area (Å²) < 4.78 is 5.78. The summed E-state index contributed by atoms with van der Waals surface area (Å²) in [5, 5.41) is 0. The first-order chi connectivity index (χ1) is 6.77. The lowest BCUT2D eigenvalue weighted by Crippen LogP contribution is -2.09. The monoisotopic (exact) mass is 188 g/mol. The van der Waals surface area contributed by atoms with Crippen molar-refractivity contribution in [2.45, 2.75) is 32.0 Å². The van der Waals surface area contributed by atoms with E-state index in [9.17, 15) is 0 Å². The standard InChI is InChI=1S/C13H16O/c1-10-8-9-13(14-10)11(2)12-6-4-3-5-7-12/h3-7,10,13H,2,8-9H2,1H3/t10-,13-/m1/s1. The quantitative estimate of drug-likeness (QED) is 0.692. The van der Waals surface area contributed by atoms with Gasteiger partial charge in [-0.15, -0.1) is 0 Å². The lowest BCUT2D eigenvalue weighted by molar-refractivity contribution is 0.0888. The SMILES string of the molecule is C=C(c1ccccc1)[C@H]1CC[C@@H](C)O1. The molecule has 0 saturated carbocycles. The highest BCUT2D eigenvalue weighted by Gasteiger charge is 2.24. The summed E-state index contributed by atoms with van der Waals surface area (Å²) in [6, 6.07) is 10.3. The topological polar surface area (TPSA) is 9.23 Å². The van der Waals surface area contributed by atoms with Crippen LogP contribution in [-0.4, -0.2) is 12.2 Å². The van der Waals surface area contributed by atoms with Crippen LogP contribution in [-0.2, 0) is 4.74 Å². The number of ether oxygens (including phenoxy) is 1. The first-order valence-corrected chi connectivity index (χ1v) is 5.17. The molecule has 2 atom stereocenters. The van der Waals surface area contributed by atoms with Gasteiger partial charge in [-0.05, 0) is 30.9 Å². The van der Waals surface area contributed by atoms with Crippen molar-refractivity contribution in [3.8, 4) is 0 Å². The summed E-state index contributed by atoms with van der Waals surface area (Å²) in [5.41, 5.74) is 2.32. The molecule has 0 N–H and O–H groups in total. The Balaban J connectivity index is 2.10. The molecule has 1 aromatic carbocycles. The summed E-state index contributed by atoms with van der Waals surface area (Å²) in [5.74, 6) is 0. The Hall–Kier alpha value is -1.08. The van der Waals surface area contributed by atoms with Crippen LogP contribution in [0.4, 0.5) is 0 Å². The van der Waals surface area contributed by atoms with Gasteiger partial charge in [-0.2, -0.15) is 0 Å². The normalized spacial score (nSPS) is 26.4. The molecule has 74 valence electrons. The van der Waals surface area contributed by atoms with Crippen molar-refractivity contribution in [2.24, 2.45) is 0 Å². The van der Waals surface area contributed by atoms with Crippen molar-refractivity contribution in [1.82, 2.24) is 0 Å². The first kappa shape index (κ1) is 9.47. The van der Waals surface area contributed by atoms with Crippen molar-refractivity contribution in [3.63, 3.8) is 0 Å². The smallest absolute Gasteiger partial charge is 0.0829 e. The van der Waals surface area contributed by atoms with E-state index in [2.05, 4.69) is 25.6 Å². The van der Waals surface area contributed by atoms with Crippen molar-refractivity contribution in [2.75, 3.05) is 0 Å². The van der Waals surface area contributed by atoms with Crippen molar-refractivity contribution >= 4 is 5.57 Å². The molecule has 0 aromatic heterocycles. The summed E-state index contributed by atoms with van der Waals surface area (Å²) in [7, 11) is 0. The maximum atomic E-state index is 5.78. The molecule has 1 nitrogen and oxygen atoms in total. The van der Waals surface area contributed by atoms with E-state index in [1.165, 1.54) is 5.56 Å². The summed E-state index contributed by atoms with van der Waals surface area (Å²) in [4.78, 5) is 0. The van der Waals surface area contributed by atoms with Crippen LogP contribution in [0.25, 0.3) is 5.57 Å². The highest BCUT2D eigenvalue weighted by molar-refractivity contribution is 5.66. The highest BCUT2D eigenvalue weighted by atomic mass is 16.5. The molecule has 1 aliphatic heterocycles.